The fourth-order valence-electron chi connectivity index (χ4n) is 2.32. The monoisotopic (exact) mass is 316 g/mol. The number of nitrogens with zero attached hydrogens (tertiary/aromatic N) is 2. The lowest BCUT2D eigenvalue weighted by molar-refractivity contribution is -0.390. The number of aldehydes is 1. The Balaban J connectivity index is 2.47. The molecule has 114 valence electrons. The highest BCUT2D eigenvalue weighted by atomic mass is 32.2. The molecule has 0 aliphatic carbocycles. The number of sulfonamides is 1. The zero-order valence-corrected chi connectivity index (χ0v) is 11.8. The summed E-state index contributed by atoms with van der Waals surface area (Å²) in [7, 11) is -4.21. The Kier molecular flexibility index (Phi) is 4.33. The average molecular weight is 316 g/mol. The zero-order valence-electron chi connectivity index (χ0n) is 10.9. The number of benzene rings is 1. The number of halogens is 1. The molecule has 0 aromatic heterocycles. The maximum absolute atomic E-state index is 13.6. The van der Waals surface area contributed by atoms with Crippen molar-refractivity contribution in [1.29, 1.82) is 0 Å². The van der Waals surface area contributed by atoms with Crippen LogP contribution in [0.25, 0.3) is 0 Å². The predicted molar refractivity (Wildman–Crippen MR) is 70.6 cm³/mol. The molecule has 0 radical (unpaired) electrons. The van der Waals surface area contributed by atoms with E-state index < -0.39 is 37.3 Å². The van der Waals surface area contributed by atoms with Crippen molar-refractivity contribution in [3.8, 4) is 0 Å². The lowest BCUT2D eigenvalue weighted by atomic mass is 10.0. The highest BCUT2D eigenvalue weighted by molar-refractivity contribution is 7.89. The molecule has 1 aromatic carbocycles. The van der Waals surface area contributed by atoms with Gasteiger partial charge in [-0.25, -0.2) is 8.42 Å². The minimum Gasteiger partial charge on any atom is -0.303 e. The van der Waals surface area contributed by atoms with Crippen LogP contribution >= 0.6 is 0 Å². The summed E-state index contributed by atoms with van der Waals surface area (Å²) in [6.07, 6.45) is 1.72. The van der Waals surface area contributed by atoms with E-state index in [2.05, 4.69) is 0 Å². The standard InChI is InChI=1S/C12H13FN2O5S/c13-10-4-1-5-11(12(10)15(17)18)21(19,20)14-6-2-3-9(7-14)8-16/h1,4-5,8-9H,2-3,6-7H2. The fraction of sp³-hybridized carbons (Fsp3) is 0.417. The largest absolute Gasteiger partial charge is 0.324 e. The van der Waals surface area contributed by atoms with Crippen LogP contribution in [0.4, 0.5) is 10.1 Å². The second-order valence-corrected chi connectivity index (χ2v) is 6.65. The quantitative estimate of drug-likeness (QED) is 0.474. The van der Waals surface area contributed by atoms with Gasteiger partial charge in [0.2, 0.25) is 15.8 Å². The van der Waals surface area contributed by atoms with Crippen LogP contribution < -0.4 is 0 Å². The third-order valence-electron chi connectivity index (χ3n) is 3.36. The minimum atomic E-state index is -4.21. The number of para-hydroxylation sites is 1. The van der Waals surface area contributed by atoms with Crippen LogP contribution in [0.2, 0.25) is 0 Å². The van der Waals surface area contributed by atoms with Crippen molar-refractivity contribution in [3.05, 3.63) is 34.1 Å². The summed E-state index contributed by atoms with van der Waals surface area (Å²) in [5.41, 5.74) is -1.06. The molecule has 0 spiro atoms. The maximum Gasteiger partial charge on any atom is 0.324 e. The van der Waals surface area contributed by atoms with E-state index in [0.717, 1.165) is 22.5 Å². The van der Waals surface area contributed by atoms with Crippen LogP contribution in [0.3, 0.4) is 0 Å². The molecule has 1 atom stereocenters. The molecule has 1 unspecified atom stereocenters. The molecule has 1 aliphatic heterocycles. The number of piperidine rings is 1. The van der Waals surface area contributed by atoms with E-state index in [-0.39, 0.29) is 13.1 Å². The van der Waals surface area contributed by atoms with Gasteiger partial charge in [0.15, 0.2) is 4.90 Å². The van der Waals surface area contributed by atoms with Crippen molar-refractivity contribution in [2.24, 2.45) is 5.92 Å². The van der Waals surface area contributed by atoms with Gasteiger partial charge < -0.3 is 4.79 Å². The van der Waals surface area contributed by atoms with Gasteiger partial charge in [-0.2, -0.15) is 8.70 Å². The van der Waals surface area contributed by atoms with Crippen LogP contribution in [-0.4, -0.2) is 37.0 Å². The molecule has 0 N–H and O–H groups in total. The number of rotatable bonds is 4. The molecule has 9 heteroatoms. The fourth-order valence-corrected chi connectivity index (χ4v) is 4.03. The summed E-state index contributed by atoms with van der Waals surface area (Å²) in [4.78, 5) is 20.0. The molecule has 7 nitrogen and oxygen atoms in total. The summed E-state index contributed by atoms with van der Waals surface area (Å²) in [6, 6.07) is 2.94. The molecule has 1 saturated heterocycles. The molecule has 0 saturated carbocycles. The highest BCUT2D eigenvalue weighted by Crippen LogP contribution is 2.31. The topological polar surface area (TPSA) is 97.6 Å². The van der Waals surface area contributed by atoms with Gasteiger partial charge in [-0.15, -0.1) is 0 Å². The molecule has 1 aliphatic rings. The van der Waals surface area contributed by atoms with Gasteiger partial charge >= 0.3 is 5.69 Å². The van der Waals surface area contributed by atoms with Crippen molar-refractivity contribution >= 4 is 22.0 Å². The smallest absolute Gasteiger partial charge is 0.303 e. The third-order valence-corrected chi connectivity index (χ3v) is 5.26. The van der Waals surface area contributed by atoms with Gasteiger partial charge in [0, 0.05) is 19.0 Å². The Morgan fingerprint density at radius 3 is 2.76 bits per heavy atom. The van der Waals surface area contributed by atoms with Crippen LogP contribution in [-0.2, 0) is 14.8 Å². The summed E-state index contributed by atoms with van der Waals surface area (Å²) in [5, 5.41) is 10.9. The summed E-state index contributed by atoms with van der Waals surface area (Å²) < 4.78 is 39.5. The van der Waals surface area contributed by atoms with Crippen LogP contribution in [0.5, 0.6) is 0 Å². The van der Waals surface area contributed by atoms with Gasteiger partial charge in [-0.05, 0) is 25.0 Å². The lowest BCUT2D eigenvalue weighted by Gasteiger charge is -2.29. The van der Waals surface area contributed by atoms with E-state index in [1.165, 1.54) is 0 Å². The van der Waals surface area contributed by atoms with Gasteiger partial charge in [0.1, 0.15) is 6.29 Å². The number of hydrogen-bond donors (Lipinski definition) is 0. The van der Waals surface area contributed by atoms with E-state index in [1.54, 1.807) is 0 Å². The van der Waals surface area contributed by atoms with E-state index in [1.807, 2.05) is 0 Å². The second-order valence-electron chi connectivity index (χ2n) is 4.75. The predicted octanol–water partition coefficient (Wildman–Crippen LogP) is 1.33. The van der Waals surface area contributed by atoms with Crippen molar-refractivity contribution in [3.63, 3.8) is 0 Å². The van der Waals surface area contributed by atoms with Gasteiger partial charge in [0.25, 0.3) is 0 Å². The molecular weight excluding hydrogens is 303 g/mol. The Morgan fingerprint density at radius 2 is 2.14 bits per heavy atom. The van der Waals surface area contributed by atoms with Crippen molar-refractivity contribution in [2.45, 2.75) is 17.7 Å². The molecule has 0 bridgehead atoms. The molecule has 1 aromatic rings. The first-order valence-corrected chi connectivity index (χ1v) is 7.70. The average Bonchev–Trinajstić information content (AvgIpc) is 2.46. The van der Waals surface area contributed by atoms with Gasteiger partial charge in [-0.3, -0.25) is 10.1 Å². The minimum absolute atomic E-state index is 0.0422. The van der Waals surface area contributed by atoms with E-state index in [0.29, 0.717) is 19.1 Å². The molecular formula is C12H13FN2O5S. The van der Waals surface area contributed by atoms with Gasteiger partial charge in [-0.1, -0.05) is 6.07 Å². The van der Waals surface area contributed by atoms with E-state index in [4.69, 9.17) is 0 Å². The lowest BCUT2D eigenvalue weighted by Crippen LogP contribution is -2.40. The summed E-state index contributed by atoms with van der Waals surface area (Å²) in [6.45, 7) is 0.111. The van der Waals surface area contributed by atoms with Crippen LogP contribution in [0, 0.1) is 21.8 Å². The summed E-state index contributed by atoms with van der Waals surface area (Å²) in [5.74, 6) is -1.65. The maximum atomic E-state index is 13.6. The second kappa shape index (κ2) is 5.86. The zero-order chi connectivity index (χ0) is 15.6. The molecule has 1 fully saturated rings. The van der Waals surface area contributed by atoms with Crippen molar-refractivity contribution < 1.29 is 22.5 Å². The number of hydrogen-bond acceptors (Lipinski definition) is 5. The number of nitro groups is 1. The Hall–Kier alpha value is -1.87. The SMILES string of the molecule is O=CC1CCCN(S(=O)(=O)c2cccc(F)c2[N+](=O)[O-])C1. The Labute approximate surface area is 120 Å². The number of nitro benzene ring substituents is 1. The first kappa shape index (κ1) is 15.5. The van der Waals surface area contributed by atoms with Crippen molar-refractivity contribution in [1.82, 2.24) is 4.31 Å². The highest BCUT2D eigenvalue weighted by Gasteiger charge is 2.36. The van der Waals surface area contributed by atoms with Crippen molar-refractivity contribution in [2.75, 3.05) is 13.1 Å². The van der Waals surface area contributed by atoms with E-state index >= 15 is 0 Å². The number of carbonyl (C=O) groups is 1. The molecule has 2 rings (SSSR count). The normalized spacial score (nSPS) is 20.1. The Bertz CT molecular complexity index is 676. The molecule has 21 heavy (non-hydrogen) atoms. The third kappa shape index (κ3) is 2.93. The van der Waals surface area contributed by atoms with Crippen LogP contribution in [0.15, 0.2) is 23.1 Å². The van der Waals surface area contributed by atoms with E-state index in [9.17, 15) is 27.7 Å². The number of carbonyl (C=O) groups excluding carboxylic acids is 1. The Morgan fingerprint density at radius 1 is 1.43 bits per heavy atom. The van der Waals surface area contributed by atoms with Crippen LogP contribution in [0.1, 0.15) is 12.8 Å². The summed E-state index contributed by atoms with van der Waals surface area (Å²) >= 11 is 0. The molecule has 0 amide bonds. The molecule has 1 heterocycles. The first-order chi connectivity index (χ1) is 9.87. The first-order valence-electron chi connectivity index (χ1n) is 6.26. The van der Waals surface area contributed by atoms with Gasteiger partial charge in [0.05, 0.1) is 4.92 Å².